The summed E-state index contributed by atoms with van der Waals surface area (Å²) in [6.45, 7) is 0. The van der Waals surface area contributed by atoms with Crippen molar-refractivity contribution in [2.75, 3.05) is 5.32 Å². The summed E-state index contributed by atoms with van der Waals surface area (Å²) in [5.74, 6) is 0. The van der Waals surface area contributed by atoms with Gasteiger partial charge in [0, 0.05) is 9.26 Å². The van der Waals surface area contributed by atoms with Gasteiger partial charge in [0.25, 0.3) is 0 Å². The molecule has 0 aliphatic carbocycles. The molecule has 102 valence electrons. The molecule has 20 heavy (non-hydrogen) atoms. The third-order valence-electron chi connectivity index (χ3n) is 2.59. The van der Waals surface area contributed by atoms with E-state index in [0.717, 1.165) is 15.7 Å². The number of nitriles is 1. The van der Waals surface area contributed by atoms with Crippen molar-refractivity contribution in [3.05, 3.63) is 57.2 Å². The molecular formula is C14H8F3IN2. The molecule has 0 fully saturated rings. The molecule has 0 atom stereocenters. The van der Waals surface area contributed by atoms with Crippen molar-refractivity contribution in [1.29, 1.82) is 5.26 Å². The highest BCUT2D eigenvalue weighted by molar-refractivity contribution is 14.1. The molecule has 0 saturated carbocycles. The van der Waals surface area contributed by atoms with Gasteiger partial charge in [0.15, 0.2) is 0 Å². The maximum Gasteiger partial charge on any atom is 0.416 e. The Hall–Kier alpha value is -1.75. The first kappa shape index (κ1) is 14.7. The second-order valence-electron chi connectivity index (χ2n) is 4.00. The van der Waals surface area contributed by atoms with Gasteiger partial charge >= 0.3 is 6.18 Å². The molecule has 2 aromatic rings. The number of anilines is 2. The monoisotopic (exact) mass is 388 g/mol. The summed E-state index contributed by atoms with van der Waals surface area (Å²) in [6, 6.07) is 12.1. The van der Waals surface area contributed by atoms with E-state index in [4.69, 9.17) is 5.26 Å². The van der Waals surface area contributed by atoms with E-state index in [9.17, 15) is 13.2 Å². The number of rotatable bonds is 2. The summed E-state index contributed by atoms with van der Waals surface area (Å²) in [4.78, 5) is 0. The van der Waals surface area contributed by atoms with Crippen LogP contribution in [0.4, 0.5) is 24.5 Å². The van der Waals surface area contributed by atoms with E-state index in [1.807, 2.05) is 12.1 Å². The Morgan fingerprint density at radius 1 is 1.05 bits per heavy atom. The summed E-state index contributed by atoms with van der Waals surface area (Å²) < 4.78 is 38.8. The fraction of sp³-hybridized carbons (Fsp3) is 0.0714. The van der Waals surface area contributed by atoms with Crippen molar-refractivity contribution in [3.63, 3.8) is 0 Å². The van der Waals surface area contributed by atoms with Gasteiger partial charge < -0.3 is 5.32 Å². The predicted octanol–water partition coefficient (Wildman–Crippen LogP) is 4.93. The van der Waals surface area contributed by atoms with Gasteiger partial charge in [0.05, 0.1) is 16.8 Å². The highest BCUT2D eigenvalue weighted by Gasteiger charge is 2.31. The van der Waals surface area contributed by atoms with E-state index < -0.39 is 11.7 Å². The van der Waals surface area contributed by atoms with E-state index in [1.54, 1.807) is 18.2 Å². The number of halogens is 4. The minimum Gasteiger partial charge on any atom is -0.354 e. The molecule has 0 amide bonds. The average molecular weight is 388 g/mol. The summed E-state index contributed by atoms with van der Waals surface area (Å²) in [5, 5.41) is 11.9. The van der Waals surface area contributed by atoms with Crippen LogP contribution in [0.15, 0.2) is 42.5 Å². The number of nitrogens with one attached hydrogen (secondary N) is 1. The summed E-state index contributed by atoms with van der Waals surface area (Å²) in [5.41, 5.74) is 0.184. The van der Waals surface area contributed by atoms with E-state index in [1.165, 1.54) is 6.07 Å². The van der Waals surface area contributed by atoms with Crippen LogP contribution in [-0.4, -0.2) is 0 Å². The van der Waals surface area contributed by atoms with Crippen molar-refractivity contribution in [3.8, 4) is 6.07 Å². The normalized spacial score (nSPS) is 10.9. The zero-order valence-electron chi connectivity index (χ0n) is 10.0. The molecule has 0 bridgehead atoms. The highest BCUT2D eigenvalue weighted by atomic mass is 127. The van der Waals surface area contributed by atoms with Crippen LogP contribution in [0.2, 0.25) is 0 Å². The van der Waals surface area contributed by atoms with Gasteiger partial charge in [-0.1, -0.05) is 0 Å². The predicted molar refractivity (Wildman–Crippen MR) is 78.6 cm³/mol. The molecule has 2 aromatic carbocycles. The van der Waals surface area contributed by atoms with E-state index in [2.05, 4.69) is 27.9 Å². The molecule has 0 aliphatic heterocycles. The van der Waals surface area contributed by atoms with Crippen molar-refractivity contribution in [1.82, 2.24) is 0 Å². The second kappa shape index (κ2) is 5.71. The fourth-order valence-corrected chi connectivity index (χ4v) is 1.97. The largest absolute Gasteiger partial charge is 0.416 e. The maximum absolute atomic E-state index is 12.6. The van der Waals surface area contributed by atoms with Crippen molar-refractivity contribution >= 4 is 34.0 Å². The van der Waals surface area contributed by atoms with Gasteiger partial charge in [-0.3, -0.25) is 0 Å². The molecule has 0 aliphatic rings. The van der Waals surface area contributed by atoms with E-state index >= 15 is 0 Å². The van der Waals surface area contributed by atoms with Crippen LogP contribution in [0.1, 0.15) is 11.1 Å². The fourth-order valence-electron chi connectivity index (χ4n) is 1.61. The Kier molecular flexibility index (Phi) is 4.18. The third-order valence-corrected chi connectivity index (χ3v) is 3.31. The van der Waals surface area contributed by atoms with Gasteiger partial charge in [-0.15, -0.1) is 0 Å². The van der Waals surface area contributed by atoms with Crippen LogP contribution in [-0.2, 0) is 6.18 Å². The zero-order valence-corrected chi connectivity index (χ0v) is 12.2. The Labute approximate surface area is 127 Å². The highest BCUT2D eigenvalue weighted by Crippen LogP contribution is 2.32. The summed E-state index contributed by atoms with van der Waals surface area (Å²) in [7, 11) is 0. The standard InChI is InChI=1S/C14H8F3IN2/c15-14(16,17)10-1-6-13(9(7-10)8-19)20-12-4-2-11(18)3-5-12/h1-7,20H. The lowest BCUT2D eigenvalue weighted by Crippen LogP contribution is -2.06. The molecule has 1 N–H and O–H groups in total. The van der Waals surface area contributed by atoms with Gasteiger partial charge in [-0.2, -0.15) is 18.4 Å². The Morgan fingerprint density at radius 3 is 2.25 bits per heavy atom. The first-order chi connectivity index (χ1) is 9.40. The SMILES string of the molecule is N#Cc1cc(C(F)(F)F)ccc1Nc1ccc(I)cc1. The molecule has 0 heterocycles. The van der Waals surface area contributed by atoms with Crippen molar-refractivity contribution in [2.24, 2.45) is 0 Å². The molecule has 2 rings (SSSR count). The van der Waals surface area contributed by atoms with Crippen LogP contribution in [0.3, 0.4) is 0 Å². The van der Waals surface area contributed by atoms with Crippen LogP contribution >= 0.6 is 22.6 Å². The Bertz CT molecular complexity index is 658. The second-order valence-corrected chi connectivity index (χ2v) is 5.25. The summed E-state index contributed by atoms with van der Waals surface area (Å²) in [6.07, 6.45) is -4.45. The topological polar surface area (TPSA) is 35.8 Å². The Balaban J connectivity index is 2.33. The number of hydrogen-bond donors (Lipinski definition) is 1. The minimum atomic E-state index is -4.45. The van der Waals surface area contributed by atoms with E-state index in [-0.39, 0.29) is 5.56 Å². The maximum atomic E-state index is 12.6. The van der Waals surface area contributed by atoms with Gasteiger partial charge in [-0.05, 0) is 65.1 Å². The number of alkyl halides is 3. The lowest BCUT2D eigenvalue weighted by Gasteiger charge is -2.11. The molecule has 6 heteroatoms. The lowest BCUT2D eigenvalue weighted by atomic mass is 10.1. The van der Waals surface area contributed by atoms with Gasteiger partial charge in [0.1, 0.15) is 6.07 Å². The smallest absolute Gasteiger partial charge is 0.354 e. The van der Waals surface area contributed by atoms with Crippen LogP contribution in [0, 0.1) is 14.9 Å². The lowest BCUT2D eigenvalue weighted by molar-refractivity contribution is -0.137. The van der Waals surface area contributed by atoms with Gasteiger partial charge in [-0.25, -0.2) is 0 Å². The molecule has 0 saturated heterocycles. The van der Waals surface area contributed by atoms with Crippen LogP contribution in [0.5, 0.6) is 0 Å². The average Bonchev–Trinajstić information content (AvgIpc) is 2.40. The zero-order chi connectivity index (χ0) is 14.8. The van der Waals surface area contributed by atoms with E-state index in [0.29, 0.717) is 11.4 Å². The summed E-state index contributed by atoms with van der Waals surface area (Å²) >= 11 is 2.15. The number of benzene rings is 2. The van der Waals surface area contributed by atoms with Crippen LogP contribution in [0.25, 0.3) is 0 Å². The molecule has 0 radical (unpaired) electrons. The first-order valence-electron chi connectivity index (χ1n) is 5.54. The number of nitrogens with zero attached hydrogens (tertiary/aromatic N) is 1. The van der Waals surface area contributed by atoms with Crippen molar-refractivity contribution < 1.29 is 13.2 Å². The van der Waals surface area contributed by atoms with Crippen molar-refractivity contribution in [2.45, 2.75) is 6.18 Å². The quantitative estimate of drug-likeness (QED) is 0.742. The molecule has 0 unspecified atom stereocenters. The van der Waals surface area contributed by atoms with Gasteiger partial charge in [0.2, 0.25) is 0 Å². The Morgan fingerprint density at radius 2 is 1.70 bits per heavy atom. The molecule has 0 spiro atoms. The molecular weight excluding hydrogens is 380 g/mol. The molecule has 2 nitrogen and oxygen atoms in total. The molecule has 0 aromatic heterocycles. The minimum absolute atomic E-state index is 0.0432. The first-order valence-corrected chi connectivity index (χ1v) is 6.62. The van der Waals surface area contributed by atoms with Crippen LogP contribution < -0.4 is 5.32 Å². The number of hydrogen-bond acceptors (Lipinski definition) is 2. The third kappa shape index (κ3) is 3.42.